The van der Waals surface area contributed by atoms with Crippen LogP contribution in [-0.2, 0) is 4.79 Å². The summed E-state index contributed by atoms with van der Waals surface area (Å²) < 4.78 is 0. The molecule has 68 valence electrons. The summed E-state index contributed by atoms with van der Waals surface area (Å²) in [7, 11) is 0. The van der Waals surface area contributed by atoms with Crippen molar-refractivity contribution >= 4 is 17.3 Å². The smallest absolute Gasteiger partial charge is 0.246 e. The Labute approximate surface area is 77.1 Å². The van der Waals surface area contributed by atoms with Crippen molar-refractivity contribution in [3.63, 3.8) is 0 Å². The molecule has 1 aromatic rings. The Morgan fingerprint density at radius 3 is 2.92 bits per heavy atom. The highest BCUT2D eigenvalue weighted by molar-refractivity contribution is 6.03. The molecule has 0 spiro atoms. The first-order valence-corrected chi connectivity index (χ1v) is 4.35. The molecule has 0 aliphatic carbocycles. The molecule has 0 fully saturated rings. The average molecular weight is 176 g/mol. The minimum absolute atomic E-state index is 0.0260. The number of amides is 1. The average Bonchev–Trinajstić information content (AvgIpc) is 2.09. The Hall–Kier alpha value is -1.51. The van der Waals surface area contributed by atoms with E-state index in [1.165, 1.54) is 0 Å². The molecule has 2 rings (SSSR count). The Morgan fingerprint density at radius 1 is 1.38 bits per heavy atom. The zero-order valence-electron chi connectivity index (χ0n) is 7.72. The summed E-state index contributed by atoms with van der Waals surface area (Å²) in [4.78, 5) is 11.3. The standard InChI is InChI=1S/C10H12N2O/c1-6-4-3-5-8-9(6)11-7(2)10(13)12-8/h3-5,7,11H,1-2H3,(H,12,13)/t7-/m1/s1. The molecule has 1 atom stereocenters. The Bertz CT molecular complexity index is 360. The van der Waals surface area contributed by atoms with E-state index in [0.29, 0.717) is 0 Å². The summed E-state index contributed by atoms with van der Waals surface area (Å²) in [6, 6.07) is 5.72. The Kier molecular flexibility index (Phi) is 1.72. The van der Waals surface area contributed by atoms with Gasteiger partial charge in [0.2, 0.25) is 5.91 Å². The molecule has 0 aromatic heterocycles. The third-order valence-electron chi connectivity index (χ3n) is 2.28. The van der Waals surface area contributed by atoms with E-state index in [1.807, 2.05) is 32.0 Å². The van der Waals surface area contributed by atoms with Gasteiger partial charge in [0.05, 0.1) is 11.4 Å². The van der Waals surface area contributed by atoms with Crippen molar-refractivity contribution in [3.8, 4) is 0 Å². The van der Waals surface area contributed by atoms with Crippen molar-refractivity contribution in [1.29, 1.82) is 0 Å². The van der Waals surface area contributed by atoms with Gasteiger partial charge in [0, 0.05) is 0 Å². The molecular formula is C10H12N2O. The molecular weight excluding hydrogens is 164 g/mol. The lowest BCUT2D eigenvalue weighted by molar-refractivity contribution is -0.116. The van der Waals surface area contributed by atoms with E-state index < -0.39 is 0 Å². The fourth-order valence-corrected chi connectivity index (χ4v) is 1.49. The van der Waals surface area contributed by atoms with Gasteiger partial charge in [-0.3, -0.25) is 4.79 Å². The van der Waals surface area contributed by atoms with Crippen LogP contribution in [0.1, 0.15) is 12.5 Å². The first-order valence-electron chi connectivity index (χ1n) is 4.35. The van der Waals surface area contributed by atoms with Gasteiger partial charge in [0.25, 0.3) is 0 Å². The van der Waals surface area contributed by atoms with Gasteiger partial charge in [-0.25, -0.2) is 0 Å². The van der Waals surface area contributed by atoms with Crippen LogP contribution in [0, 0.1) is 6.92 Å². The summed E-state index contributed by atoms with van der Waals surface area (Å²) in [5.74, 6) is 0.0260. The molecule has 13 heavy (non-hydrogen) atoms. The number of rotatable bonds is 0. The van der Waals surface area contributed by atoms with E-state index in [0.717, 1.165) is 16.9 Å². The van der Waals surface area contributed by atoms with E-state index in [1.54, 1.807) is 0 Å². The molecule has 1 amide bonds. The summed E-state index contributed by atoms with van der Waals surface area (Å²) in [6.07, 6.45) is 0. The van der Waals surface area contributed by atoms with Crippen molar-refractivity contribution < 1.29 is 4.79 Å². The molecule has 1 heterocycles. The molecule has 0 radical (unpaired) electrons. The summed E-state index contributed by atoms with van der Waals surface area (Å²) >= 11 is 0. The molecule has 0 bridgehead atoms. The third-order valence-corrected chi connectivity index (χ3v) is 2.28. The van der Waals surface area contributed by atoms with Crippen LogP contribution < -0.4 is 10.6 Å². The van der Waals surface area contributed by atoms with E-state index >= 15 is 0 Å². The van der Waals surface area contributed by atoms with Crippen molar-refractivity contribution in [2.24, 2.45) is 0 Å². The maximum atomic E-state index is 11.3. The quantitative estimate of drug-likeness (QED) is 0.632. The van der Waals surface area contributed by atoms with Gasteiger partial charge in [0.15, 0.2) is 0 Å². The van der Waals surface area contributed by atoms with Gasteiger partial charge >= 0.3 is 0 Å². The third kappa shape index (κ3) is 1.26. The number of hydrogen-bond donors (Lipinski definition) is 2. The Morgan fingerprint density at radius 2 is 2.15 bits per heavy atom. The molecule has 3 heteroatoms. The first-order chi connectivity index (χ1) is 6.18. The Balaban J connectivity index is 2.48. The summed E-state index contributed by atoms with van der Waals surface area (Å²) in [5.41, 5.74) is 3.07. The number of para-hydroxylation sites is 1. The van der Waals surface area contributed by atoms with Gasteiger partial charge in [-0.2, -0.15) is 0 Å². The van der Waals surface area contributed by atoms with Gasteiger partial charge in [-0.15, -0.1) is 0 Å². The second kappa shape index (κ2) is 2.76. The second-order valence-corrected chi connectivity index (χ2v) is 3.35. The number of carbonyl (C=O) groups excluding carboxylic acids is 1. The molecule has 3 nitrogen and oxygen atoms in total. The summed E-state index contributed by atoms with van der Waals surface area (Å²) in [6.45, 7) is 3.88. The van der Waals surface area contributed by atoms with Crippen LogP contribution in [0.4, 0.5) is 11.4 Å². The number of carbonyl (C=O) groups is 1. The second-order valence-electron chi connectivity index (χ2n) is 3.35. The number of aryl methyl sites for hydroxylation is 1. The zero-order chi connectivity index (χ0) is 9.42. The van der Waals surface area contributed by atoms with E-state index in [9.17, 15) is 4.79 Å². The van der Waals surface area contributed by atoms with E-state index in [4.69, 9.17) is 0 Å². The fraction of sp³-hybridized carbons (Fsp3) is 0.300. The van der Waals surface area contributed by atoms with Crippen molar-refractivity contribution in [2.75, 3.05) is 10.6 Å². The van der Waals surface area contributed by atoms with E-state index in [2.05, 4.69) is 10.6 Å². The molecule has 1 aliphatic rings. The van der Waals surface area contributed by atoms with Gasteiger partial charge in [-0.1, -0.05) is 12.1 Å². The van der Waals surface area contributed by atoms with Crippen molar-refractivity contribution in [1.82, 2.24) is 0 Å². The van der Waals surface area contributed by atoms with Crippen molar-refractivity contribution in [3.05, 3.63) is 23.8 Å². The van der Waals surface area contributed by atoms with Crippen LogP contribution >= 0.6 is 0 Å². The van der Waals surface area contributed by atoms with Crippen LogP contribution in [0.25, 0.3) is 0 Å². The van der Waals surface area contributed by atoms with Gasteiger partial charge in [-0.05, 0) is 25.5 Å². The van der Waals surface area contributed by atoms with Crippen LogP contribution in [0.2, 0.25) is 0 Å². The predicted octanol–water partition coefficient (Wildman–Crippen LogP) is 1.75. The first kappa shape index (κ1) is 8.10. The van der Waals surface area contributed by atoms with Crippen LogP contribution in [0.5, 0.6) is 0 Å². The minimum atomic E-state index is -0.145. The topological polar surface area (TPSA) is 41.1 Å². The lowest BCUT2D eigenvalue weighted by atomic mass is 10.1. The molecule has 2 N–H and O–H groups in total. The highest BCUT2D eigenvalue weighted by atomic mass is 16.2. The maximum Gasteiger partial charge on any atom is 0.246 e. The fourth-order valence-electron chi connectivity index (χ4n) is 1.49. The number of fused-ring (bicyclic) bond motifs is 1. The highest BCUT2D eigenvalue weighted by Crippen LogP contribution is 2.29. The SMILES string of the molecule is Cc1cccc2c1N[C@H](C)C(=O)N2. The largest absolute Gasteiger partial charge is 0.372 e. The number of hydrogen-bond acceptors (Lipinski definition) is 2. The monoisotopic (exact) mass is 176 g/mol. The maximum absolute atomic E-state index is 11.3. The zero-order valence-corrected chi connectivity index (χ0v) is 7.72. The highest BCUT2D eigenvalue weighted by Gasteiger charge is 2.21. The molecule has 1 aromatic carbocycles. The predicted molar refractivity (Wildman–Crippen MR) is 52.9 cm³/mol. The van der Waals surface area contributed by atoms with Crippen LogP contribution in [0.3, 0.4) is 0 Å². The number of anilines is 2. The lowest BCUT2D eigenvalue weighted by Crippen LogP contribution is -2.36. The number of nitrogens with one attached hydrogen (secondary N) is 2. The molecule has 0 saturated carbocycles. The molecule has 0 unspecified atom stereocenters. The normalized spacial score (nSPS) is 20.2. The molecule has 0 saturated heterocycles. The number of benzene rings is 1. The minimum Gasteiger partial charge on any atom is -0.372 e. The van der Waals surface area contributed by atoms with Crippen molar-refractivity contribution in [2.45, 2.75) is 19.9 Å². The van der Waals surface area contributed by atoms with E-state index in [-0.39, 0.29) is 11.9 Å². The van der Waals surface area contributed by atoms with Crippen LogP contribution in [0.15, 0.2) is 18.2 Å². The molecule has 1 aliphatic heterocycles. The van der Waals surface area contributed by atoms with Crippen LogP contribution in [-0.4, -0.2) is 11.9 Å². The lowest BCUT2D eigenvalue weighted by Gasteiger charge is -2.25. The van der Waals surface area contributed by atoms with Gasteiger partial charge in [0.1, 0.15) is 6.04 Å². The summed E-state index contributed by atoms with van der Waals surface area (Å²) in [5, 5.41) is 6.01. The van der Waals surface area contributed by atoms with Gasteiger partial charge < -0.3 is 10.6 Å².